The number of rotatable bonds is 3. The maximum absolute atomic E-state index is 12.7. The van der Waals surface area contributed by atoms with Gasteiger partial charge in [-0.2, -0.15) is 4.98 Å². The number of aromatic nitrogens is 2. The van der Waals surface area contributed by atoms with Crippen LogP contribution in [0.2, 0.25) is 0 Å². The van der Waals surface area contributed by atoms with Gasteiger partial charge in [-0.25, -0.2) is 4.98 Å². The van der Waals surface area contributed by atoms with E-state index in [4.69, 9.17) is 15.7 Å². The molecule has 0 radical (unpaired) electrons. The van der Waals surface area contributed by atoms with E-state index in [1.165, 1.54) is 24.1 Å². The number of nitrogens with two attached hydrogens (primary N) is 1. The first-order chi connectivity index (χ1) is 14.4. The third kappa shape index (κ3) is 3.11. The van der Waals surface area contributed by atoms with Crippen LogP contribution in [-0.2, 0) is 22.4 Å². The minimum absolute atomic E-state index is 0.0663. The third-order valence-electron chi connectivity index (χ3n) is 7.48. The molecule has 0 saturated carbocycles. The summed E-state index contributed by atoms with van der Waals surface area (Å²) in [7, 11) is 3.96. The number of hydrogen-bond donors (Lipinski definition) is 1. The van der Waals surface area contributed by atoms with Crippen molar-refractivity contribution in [1.29, 1.82) is 0 Å². The molecule has 3 fully saturated rings. The van der Waals surface area contributed by atoms with Crippen LogP contribution in [0.1, 0.15) is 49.8 Å². The fourth-order valence-corrected chi connectivity index (χ4v) is 6.22. The summed E-state index contributed by atoms with van der Waals surface area (Å²) in [5.74, 6) is 1.96. The summed E-state index contributed by atoms with van der Waals surface area (Å²) in [5.41, 5.74) is 8.30. The fraction of sp³-hybridized carbons (Fsp3) is 0.727. The molecular formula is C22H32N6O2. The molecule has 3 saturated heterocycles. The molecular weight excluding hydrogens is 380 g/mol. The van der Waals surface area contributed by atoms with E-state index in [1.807, 2.05) is 23.9 Å². The lowest BCUT2D eigenvalue weighted by molar-refractivity contribution is -0.155. The predicted octanol–water partition coefficient (Wildman–Crippen LogP) is 1.11. The molecule has 2 amide bonds. The average Bonchev–Trinajstić information content (AvgIpc) is 2.73. The molecule has 2 bridgehead atoms. The van der Waals surface area contributed by atoms with Gasteiger partial charge in [0.1, 0.15) is 11.9 Å². The number of aryl methyl sites for hydroxylation is 1. The Morgan fingerprint density at radius 2 is 1.83 bits per heavy atom. The Morgan fingerprint density at radius 3 is 2.60 bits per heavy atom. The van der Waals surface area contributed by atoms with Gasteiger partial charge in [0, 0.05) is 51.1 Å². The summed E-state index contributed by atoms with van der Waals surface area (Å²) in [6, 6.07) is -0.374. The number of nitrogens with zero attached hydrogens (tertiary/aromatic N) is 5. The van der Waals surface area contributed by atoms with Gasteiger partial charge in [-0.1, -0.05) is 0 Å². The fourth-order valence-electron chi connectivity index (χ4n) is 6.22. The number of anilines is 2. The predicted molar refractivity (Wildman–Crippen MR) is 114 cm³/mol. The minimum atomic E-state index is -0.493. The van der Waals surface area contributed by atoms with Gasteiger partial charge in [-0.15, -0.1) is 0 Å². The molecule has 30 heavy (non-hydrogen) atoms. The second kappa shape index (κ2) is 7.39. The molecule has 0 aromatic carbocycles. The van der Waals surface area contributed by atoms with Crippen molar-refractivity contribution in [3.05, 3.63) is 11.3 Å². The number of amides is 2. The molecule has 8 heteroatoms. The molecule has 4 heterocycles. The molecule has 162 valence electrons. The number of primary amides is 1. The lowest BCUT2D eigenvalue weighted by atomic mass is 9.71. The van der Waals surface area contributed by atoms with Gasteiger partial charge in [0.15, 0.2) is 0 Å². The van der Waals surface area contributed by atoms with Crippen LogP contribution in [0.3, 0.4) is 0 Å². The van der Waals surface area contributed by atoms with Gasteiger partial charge in [0.2, 0.25) is 17.8 Å². The van der Waals surface area contributed by atoms with Crippen molar-refractivity contribution in [3.8, 4) is 0 Å². The summed E-state index contributed by atoms with van der Waals surface area (Å²) in [5, 5.41) is 0. The van der Waals surface area contributed by atoms with Gasteiger partial charge in [-0.3, -0.25) is 9.59 Å². The second-order valence-electron chi connectivity index (χ2n) is 9.64. The van der Waals surface area contributed by atoms with Crippen LogP contribution in [-0.4, -0.2) is 66.0 Å². The van der Waals surface area contributed by atoms with Crippen LogP contribution in [0.5, 0.6) is 0 Å². The highest BCUT2D eigenvalue weighted by molar-refractivity contribution is 5.88. The first-order valence-electron chi connectivity index (χ1n) is 11.4. The van der Waals surface area contributed by atoms with Crippen molar-refractivity contribution in [2.75, 3.05) is 37.0 Å². The molecule has 0 spiro atoms. The van der Waals surface area contributed by atoms with Crippen molar-refractivity contribution < 1.29 is 9.59 Å². The number of carbonyl (C=O) groups excluding carboxylic acids is 2. The van der Waals surface area contributed by atoms with E-state index in [2.05, 4.69) is 4.90 Å². The highest BCUT2D eigenvalue weighted by Crippen LogP contribution is 2.43. The minimum Gasteiger partial charge on any atom is -0.368 e. The largest absolute Gasteiger partial charge is 0.368 e. The number of carbonyl (C=O) groups is 2. The number of fused-ring (bicyclic) bond motifs is 5. The smallest absolute Gasteiger partial charge is 0.240 e. The number of hydrogen-bond acceptors (Lipinski definition) is 6. The van der Waals surface area contributed by atoms with Gasteiger partial charge >= 0.3 is 0 Å². The van der Waals surface area contributed by atoms with Gasteiger partial charge in [0.25, 0.3) is 0 Å². The van der Waals surface area contributed by atoms with Crippen LogP contribution >= 0.6 is 0 Å². The van der Waals surface area contributed by atoms with Crippen LogP contribution in [0.15, 0.2) is 0 Å². The summed E-state index contributed by atoms with van der Waals surface area (Å²) in [6.07, 6.45) is 7.72. The van der Waals surface area contributed by atoms with Crippen molar-refractivity contribution in [1.82, 2.24) is 14.9 Å². The molecule has 8 nitrogen and oxygen atoms in total. The topological polar surface area (TPSA) is 95.7 Å². The van der Waals surface area contributed by atoms with E-state index in [0.717, 1.165) is 57.0 Å². The molecule has 5 rings (SSSR count). The summed E-state index contributed by atoms with van der Waals surface area (Å²) in [4.78, 5) is 41.2. The molecule has 3 aliphatic heterocycles. The lowest BCUT2D eigenvalue weighted by Gasteiger charge is -2.55. The second-order valence-corrected chi connectivity index (χ2v) is 9.64. The van der Waals surface area contributed by atoms with Crippen LogP contribution in [0.25, 0.3) is 0 Å². The molecule has 0 unspecified atom stereocenters. The Labute approximate surface area is 177 Å². The van der Waals surface area contributed by atoms with Crippen LogP contribution in [0.4, 0.5) is 11.8 Å². The van der Waals surface area contributed by atoms with Crippen molar-refractivity contribution >= 4 is 23.6 Å². The monoisotopic (exact) mass is 412 g/mol. The van der Waals surface area contributed by atoms with E-state index in [9.17, 15) is 9.59 Å². The van der Waals surface area contributed by atoms with Gasteiger partial charge < -0.3 is 20.4 Å². The van der Waals surface area contributed by atoms with Crippen molar-refractivity contribution in [2.45, 2.75) is 63.5 Å². The zero-order valence-corrected chi connectivity index (χ0v) is 18.0. The molecule has 1 aromatic heterocycles. The van der Waals surface area contributed by atoms with Gasteiger partial charge in [0.05, 0.1) is 5.69 Å². The molecule has 1 aliphatic carbocycles. The SMILES string of the molecule is CN(C)c1nc2c(c(N3C[C@@H]4C[C@H](C3)[C@H](C(N)=O)N3C(=O)CCC[C@@H]43)n1)CCCC2. The zero-order chi connectivity index (χ0) is 21.0. The van der Waals surface area contributed by atoms with Crippen molar-refractivity contribution in [3.63, 3.8) is 0 Å². The standard InChI is InChI=1S/C22H32N6O2/c1-26(2)22-24-16-7-4-3-6-15(16)21(25-22)27-11-13-10-14(12-27)19(20(23)30)28-17(13)8-5-9-18(28)29/h13-14,17,19H,3-12H2,1-2H3,(H2,23,30)/t13-,14+,17-,19+/m0/s1. The molecule has 4 atom stereocenters. The summed E-state index contributed by atoms with van der Waals surface area (Å²) >= 11 is 0. The Bertz CT molecular complexity index is 871. The zero-order valence-electron chi connectivity index (χ0n) is 18.0. The molecule has 4 aliphatic rings. The third-order valence-corrected chi connectivity index (χ3v) is 7.48. The lowest BCUT2D eigenvalue weighted by Crippen LogP contribution is -2.68. The summed E-state index contributed by atoms with van der Waals surface area (Å²) in [6.45, 7) is 1.60. The Kier molecular flexibility index (Phi) is 4.82. The molecule has 2 N–H and O–H groups in total. The first-order valence-corrected chi connectivity index (χ1v) is 11.4. The highest BCUT2D eigenvalue weighted by Gasteiger charge is 2.51. The van der Waals surface area contributed by atoms with E-state index in [1.54, 1.807) is 0 Å². The Morgan fingerprint density at radius 1 is 1.07 bits per heavy atom. The van der Waals surface area contributed by atoms with Crippen LogP contribution in [0, 0.1) is 11.8 Å². The van der Waals surface area contributed by atoms with E-state index in [-0.39, 0.29) is 23.8 Å². The maximum Gasteiger partial charge on any atom is 0.240 e. The van der Waals surface area contributed by atoms with Crippen LogP contribution < -0.4 is 15.5 Å². The maximum atomic E-state index is 12.7. The van der Waals surface area contributed by atoms with E-state index < -0.39 is 6.04 Å². The van der Waals surface area contributed by atoms with Crippen molar-refractivity contribution in [2.24, 2.45) is 17.6 Å². The highest BCUT2D eigenvalue weighted by atomic mass is 16.2. The Hall–Kier alpha value is -2.38. The van der Waals surface area contributed by atoms with E-state index in [0.29, 0.717) is 12.3 Å². The van der Waals surface area contributed by atoms with E-state index >= 15 is 0 Å². The summed E-state index contributed by atoms with van der Waals surface area (Å²) < 4.78 is 0. The molecule has 1 aromatic rings. The first kappa shape index (κ1) is 19.6. The average molecular weight is 413 g/mol. The van der Waals surface area contributed by atoms with Gasteiger partial charge in [-0.05, 0) is 50.9 Å². The Balaban J connectivity index is 1.53. The number of piperidine rings is 3. The normalized spacial score (nSPS) is 30.5. The quantitative estimate of drug-likeness (QED) is 0.799.